The highest BCUT2D eigenvalue weighted by molar-refractivity contribution is 7.21. The Bertz CT molecular complexity index is 1740. The lowest BCUT2D eigenvalue weighted by atomic mass is 10.0. The van der Waals surface area contributed by atoms with Crippen LogP contribution in [-0.2, 0) is 12.8 Å². The molecule has 2 amide bonds. The number of carbonyl (C=O) groups is 2. The first-order valence-corrected chi connectivity index (χ1v) is 11.6. The zero-order valence-corrected chi connectivity index (χ0v) is 20.1. The minimum absolute atomic E-state index is 0.0882. The molecule has 0 aliphatic carbocycles. The van der Waals surface area contributed by atoms with Gasteiger partial charge in [0.1, 0.15) is 15.4 Å². The van der Waals surface area contributed by atoms with E-state index < -0.39 is 34.6 Å². The quantitative estimate of drug-likeness (QED) is 0.225. The van der Waals surface area contributed by atoms with Gasteiger partial charge < -0.3 is 21.2 Å². The smallest absolute Gasteiger partial charge is 0.390 e. The molecular weight excluding hydrogens is 543 g/mol. The van der Waals surface area contributed by atoms with Crippen LogP contribution in [0.15, 0.2) is 55.0 Å². The molecule has 13 nitrogen and oxygen atoms in total. The Labute approximate surface area is 218 Å². The van der Waals surface area contributed by atoms with Crippen molar-refractivity contribution in [2.24, 2.45) is 5.73 Å². The topological polar surface area (TPSA) is 177 Å². The van der Waals surface area contributed by atoms with Crippen LogP contribution in [0.5, 0.6) is 0 Å². The standard InChI is InChI=1S/C22H14F3N9O4S/c23-22(24,25)14-8-12(11-4-2-1-3-5-11)15-16(17(18(26)35)39-20(15)28-14)29-19(36)13-6-7-32(30-13)10-33-9-27-21(31-33)34(37)38/h1-9H,10H2,(H2,26,35)(H,29,36). The second kappa shape index (κ2) is 9.60. The number of hydrogen-bond donors (Lipinski definition) is 2. The van der Waals surface area contributed by atoms with Gasteiger partial charge in [0.15, 0.2) is 12.4 Å². The van der Waals surface area contributed by atoms with Crippen LogP contribution in [0, 0.1) is 10.1 Å². The van der Waals surface area contributed by atoms with Gasteiger partial charge in [0.25, 0.3) is 11.8 Å². The molecule has 4 aromatic heterocycles. The summed E-state index contributed by atoms with van der Waals surface area (Å²) in [6, 6.07) is 10.3. The molecule has 5 aromatic rings. The van der Waals surface area contributed by atoms with Crippen molar-refractivity contribution in [3.05, 3.63) is 81.4 Å². The highest BCUT2D eigenvalue weighted by Gasteiger charge is 2.35. The molecule has 4 heterocycles. The number of carbonyl (C=O) groups excluding carboxylic acids is 2. The number of pyridine rings is 1. The number of rotatable bonds is 7. The lowest BCUT2D eigenvalue weighted by Gasteiger charge is -2.12. The number of nitrogens with two attached hydrogens (primary N) is 1. The van der Waals surface area contributed by atoms with Crippen molar-refractivity contribution in [1.82, 2.24) is 29.5 Å². The van der Waals surface area contributed by atoms with E-state index in [1.807, 2.05) is 0 Å². The van der Waals surface area contributed by atoms with Crippen molar-refractivity contribution >= 4 is 45.0 Å². The van der Waals surface area contributed by atoms with E-state index in [1.54, 1.807) is 30.3 Å². The van der Waals surface area contributed by atoms with Crippen molar-refractivity contribution < 1.29 is 27.7 Å². The van der Waals surface area contributed by atoms with Crippen molar-refractivity contribution in [2.75, 3.05) is 5.32 Å². The molecule has 3 N–H and O–H groups in total. The van der Waals surface area contributed by atoms with E-state index in [0.29, 0.717) is 16.9 Å². The van der Waals surface area contributed by atoms with Crippen LogP contribution in [0.4, 0.5) is 24.8 Å². The number of nitrogens with zero attached hydrogens (tertiary/aromatic N) is 7. The number of aromatic nitrogens is 6. The normalized spacial score (nSPS) is 11.6. The minimum Gasteiger partial charge on any atom is -0.390 e. The summed E-state index contributed by atoms with van der Waals surface area (Å²) < 4.78 is 43.3. The third kappa shape index (κ3) is 5.01. The molecule has 0 unspecified atom stereocenters. The molecule has 0 saturated heterocycles. The van der Waals surface area contributed by atoms with E-state index in [4.69, 9.17) is 5.73 Å². The number of primary amides is 1. The second-order valence-electron chi connectivity index (χ2n) is 7.95. The highest BCUT2D eigenvalue weighted by Crippen LogP contribution is 2.43. The number of halogens is 3. The zero-order chi connectivity index (χ0) is 27.9. The van der Waals surface area contributed by atoms with Crippen LogP contribution in [0.2, 0.25) is 0 Å². The van der Waals surface area contributed by atoms with Gasteiger partial charge in [-0.15, -0.1) is 11.3 Å². The van der Waals surface area contributed by atoms with E-state index >= 15 is 0 Å². The monoisotopic (exact) mass is 557 g/mol. The van der Waals surface area contributed by atoms with Gasteiger partial charge in [-0.1, -0.05) is 35.3 Å². The average Bonchev–Trinajstić information content (AvgIpc) is 3.63. The predicted molar refractivity (Wildman–Crippen MR) is 131 cm³/mol. The number of hydrogen-bond acceptors (Lipinski definition) is 9. The van der Waals surface area contributed by atoms with E-state index in [1.165, 1.54) is 16.9 Å². The summed E-state index contributed by atoms with van der Waals surface area (Å²) in [6.45, 7) is -0.107. The maximum Gasteiger partial charge on any atom is 0.491 e. The summed E-state index contributed by atoms with van der Waals surface area (Å²) in [7, 11) is 0. The molecule has 17 heteroatoms. The van der Waals surface area contributed by atoms with Crippen LogP contribution >= 0.6 is 11.3 Å². The van der Waals surface area contributed by atoms with Crippen molar-refractivity contribution in [1.29, 1.82) is 0 Å². The summed E-state index contributed by atoms with van der Waals surface area (Å²) in [5, 5.41) is 21.2. The Balaban J connectivity index is 1.54. The van der Waals surface area contributed by atoms with Gasteiger partial charge >= 0.3 is 12.1 Å². The Morgan fingerprint density at radius 3 is 2.51 bits per heavy atom. The molecule has 0 bridgehead atoms. The molecule has 198 valence electrons. The van der Waals surface area contributed by atoms with Crippen LogP contribution in [0.3, 0.4) is 0 Å². The lowest BCUT2D eigenvalue weighted by Crippen LogP contribution is -2.18. The van der Waals surface area contributed by atoms with E-state index in [9.17, 15) is 32.9 Å². The maximum atomic E-state index is 13.6. The van der Waals surface area contributed by atoms with Gasteiger partial charge in [0, 0.05) is 16.7 Å². The Kier molecular flexibility index (Phi) is 6.27. The average molecular weight is 557 g/mol. The largest absolute Gasteiger partial charge is 0.491 e. The first kappa shape index (κ1) is 25.5. The fourth-order valence-corrected chi connectivity index (χ4v) is 4.71. The number of alkyl halides is 3. The number of nitro groups is 1. The maximum absolute atomic E-state index is 13.6. The van der Waals surface area contributed by atoms with Gasteiger partial charge in [-0.3, -0.25) is 9.59 Å². The Hall–Kier alpha value is -5.19. The minimum atomic E-state index is -4.77. The summed E-state index contributed by atoms with van der Waals surface area (Å²) in [5.41, 5.74) is 4.59. The number of anilines is 1. The molecule has 0 radical (unpaired) electrons. The Morgan fingerprint density at radius 1 is 1.13 bits per heavy atom. The fourth-order valence-electron chi connectivity index (χ4n) is 3.71. The van der Waals surface area contributed by atoms with Gasteiger partial charge in [-0.2, -0.15) is 23.0 Å². The SMILES string of the molecule is NC(=O)c1sc2nc(C(F)(F)F)cc(-c3ccccc3)c2c1NC(=O)c1ccn(Cn2cnc([N+](=O)[O-])n2)n1. The molecule has 39 heavy (non-hydrogen) atoms. The number of nitrogens with one attached hydrogen (secondary N) is 1. The molecule has 0 aliphatic rings. The summed E-state index contributed by atoms with van der Waals surface area (Å²) in [6.07, 6.45) is -2.26. The molecule has 1 aromatic carbocycles. The lowest BCUT2D eigenvalue weighted by molar-refractivity contribution is -0.394. The van der Waals surface area contributed by atoms with E-state index in [-0.39, 0.29) is 38.7 Å². The molecule has 0 fully saturated rings. The highest BCUT2D eigenvalue weighted by atomic mass is 32.1. The van der Waals surface area contributed by atoms with Crippen molar-refractivity contribution in [2.45, 2.75) is 12.8 Å². The van der Waals surface area contributed by atoms with E-state index in [0.717, 1.165) is 17.1 Å². The second-order valence-corrected chi connectivity index (χ2v) is 8.95. The molecule has 5 rings (SSSR count). The van der Waals surface area contributed by atoms with Crippen molar-refractivity contribution in [3.63, 3.8) is 0 Å². The van der Waals surface area contributed by atoms with Crippen LogP contribution in [-0.4, -0.2) is 46.3 Å². The van der Waals surface area contributed by atoms with Gasteiger partial charge in [-0.25, -0.2) is 9.67 Å². The number of thiophene rings is 1. The zero-order valence-electron chi connectivity index (χ0n) is 19.3. The first-order valence-electron chi connectivity index (χ1n) is 10.8. The number of fused-ring (bicyclic) bond motifs is 1. The number of benzene rings is 1. The third-order valence-corrected chi connectivity index (χ3v) is 6.45. The summed E-state index contributed by atoms with van der Waals surface area (Å²) in [5.74, 6) is -2.38. The van der Waals surface area contributed by atoms with Gasteiger partial charge in [-0.05, 0) is 28.2 Å². The van der Waals surface area contributed by atoms with E-state index in [2.05, 4.69) is 25.5 Å². The van der Waals surface area contributed by atoms with Gasteiger partial charge in [0.2, 0.25) is 6.33 Å². The molecule has 0 aliphatic heterocycles. The van der Waals surface area contributed by atoms with Crippen molar-refractivity contribution in [3.8, 4) is 11.1 Å². The third-order valence-electron chi connectivity index (χ3n) is 5.35. The van der Waals surface area contributed by atoms with Crippen LogP contribution < -0.4 is 11.1 Å². The fraction of sp³-hybridized carbons (Fsp3) is 0.0909. The predicted octanol–water partition coefficient (Wildman–Crippen LogP) is 3.54. The first-order chi connectivity index (χ1) is 18.5. The summed E-state index contributed by atoms with van der Waals surface area (Å²) >= 11 is 0.620. The molecule has 0 spiro atoms. The Morgan fingerprint density at radius 2 is 1.87 bits per heavy atom. The molecular formula is C22H14F3N9O4S. The van der Waals surface area contributed by atoms with Gasteiger partial charge in [0.05, 0.1) is 5.69 Å². The number of amides is 2. The molecule has 0 atom stereocenters. The van der Waals surface area contributed by atoms with Crippen LogP contribution in [0.1, 0.15) is 25.9 Å². The molecule has 0 saturated carbocycles. The van der Waals surface area contributed by atoms with Crippen LogP contribution in [0.25, 0.3) is 21.3 Å². The summed E-state index contributed by atoms with van der Waals surface area (Å²) in [4.78, 5) is 42.2.